The normalized spacial score (nSPS) is 14.0. The van der Waals surface area contributed by atoms with Crippen LogP contribution in [0.25, 0.3) is 28.3 Å². The smallest absolute Gasteiger partial charge is 0.295 e. The summed E-state index contributed by atoms with van der Waals surface area (Å²) >= 11 is 12.7. The molecule has 1 fully saturated rings. The highest BCUT2D eigenvalue weighted by Crippen LogP contribution is 2.37. The van der Waals surface area contributed by atoms with E-state index in [-0.39, 0.29) is 33.7 Å². The van der Waals surface area contributed by atoms with E-state index in [1.54, 1.807) is 49.4 Å². The molecule has 0 spiro atoms. The molecule has 0 saturated carbocycles. The van der Waals surface area contributed by atoms with E-state index in [4.69, 9.17) is 27.8 Å². The summed E-state index contributed by atoms with van der Waals surface area (Å²) in [7, 11) is -8.46. The van der Waals surface area contributed by atoms with Crippen LogP contribution >= 0.6 is 23.2 Å². The Kier molecular flexibility index (Phi) is 11.0. The van der Waals surface area contributed by atoms with Gasteiger partial charge in [0.05, 0.1) is 27.9 Å². The van der Waals surface area contributed by atoms with Gasteiger partial charge in [0.2, 0.25) is 0 Å². The number of pyridine rings is 1. The third-order valence-corrected chi connectivity index (χ3v) is 9.10. The molecule has 3 N–H and O–H groups in total. The van der Waals surface area contributed by atoms with Crippen molar-refractivity contribution in [1.82, 2.24) is 25.0 Å². The zero-order valence-corrected chi connectivity index (χ0v) is 27.5. The van der Waals surface area contributed by atoms with Gasteiger partial charge >= 0.3 is 0 Å². The van der Waals surface area contributed by atoms with Crippen molar-refractivity contribution in [2.75, 3.05) is 18.8 Å². The van der Waals surface area contributed by atoms with Crippen LogP contribution in [0.3, 0.4) is 0 Å². The fourth-order valence-corrected chi connectivity index (χ4v) is 6.07. The zero-order chi connectivity index (χ0) is 32.9. The first-order valence-corrected chi connectivity index (χ1v) is 17.6. The Balaban J connectivity index is 0.000000700. The van der Waals surface area contributed by atoms with E-state index in [2.05, 4.69) is 15.4 Å². The number of benzene rings is 2. The zero-order valence-electron chi connectivity index (χ0n) is 24.3. The average molecular weight is 697 g/mol. The van der Waals surface area contributed by atoms with E-state index in [1.807, 2.05) is 5.01 Å². The first-order valence-electron chi connectivity index (χ1n) is 13.8. The molecule has 4 aromatic rings. The third-order valence-electron chi connectivity index (χ3n) is 6.91. The number of carbonyl (C=O) groups excluding carboxylic acids is 1. The molecule has 0 aliphatic carbocycles. The van der Waals surface area contributed by atoms with Crippen LogP contribution in [0.5, 0.6) is 0 Å². The number of imidazole rings is 1. The van der Waals surface area contributed by atoms with Crippen LogP contribution < -0.4 is 5.43 Å². The lowest BCUT2D eigenvalue weighted by Gasteiger charge is -2.26. The number of carbonyl (C=O) groups is 1. The Hall–Kier alpha value is -3.37. The Bertz CT molecular complexity index is 1910. The summed E-state index contributed by atoms with van der Waals surface area (Å²) in [5, 5.41) is 2.50. The van der Waals surface area contributed by atoms with Crippen LogP contribution in [0.2, 0.25) is 10.0 Å². The van der Waals surface area contributed by atoms with Gasteiger partial charge in [-0.05, 0) is 51.0 Å². The van der Waals surface area contributed by atoms with Crippen LogP contribution in [0, 0.1) is 6.92 Å². The quantitative estimate of drug-likeness (QED) is 0.210. The number of rotatable bonds is 7. The molecular weight excluding hydrogens is 665 g/mol. The lowest BCUT2D eigenvalue weighted by molar-refractivity contribution is 0.0744. The molecule has 1 saturated heterocycles. The maximum Gasteiger partial charge on any atom is 0.298 e. The molecule has 1 amide bonds. The Morgan fingerprint density at radius 2 is 1.62 bits per heavy atom. The largest absolute Gasteiger partial charge is 0.298 e. The predicted molar refractivity (Wildman–Crippen MR) is 172 cm³/mol. The van der Waals surface area contributed by atoms with E-state index in [0.717, 1.165) is 32.4 Å². The second-order valence-corrected chi connectivity index (χ2v) is 14.0. The van der Waals surface area contributed by atoms with Crippen molar-refractivity contribution < 1.29 is 30.7 Å². The molecule has 0 atom stereocenters. The number of hydrogen-bond donors (Lipinski definition) is 3. The summed E-state index contributed by atoms with van der Waals surface area (Å²) in [6.07, 6.45) is 4.47. The molecular formula is C29H31Cl2N5O7S2. The topological polar surface area (TPSA) is 172 Å². The number of halogens is 2. The van der Waals surface area contributed by atoms with E-state index in [0.29, 0.717) is 21.8 Å². The van der Waals surface area contributed by atoms with E-state index >= 15 is 0 Å². The van der Waals surface area contributed by atoms with E-state index < -0.39 is 31.0 Å². The standard InChI is InChI=1S/C27H25Cl2N5O4S.C2H6O3S/c1-17-23(27(35)32-33-14-6-3-7-15-33)31-26(20-11-10-19(28)16-21(20)29)34(17)22-12-13-30-24(25(22)39(36,37)38)18-8-4-2-5-9-18;1-2-6(3,4)5/h2,4-5,8-13,16H,3,6-7,14-15H2,1H3,(H,32,35)(H,36,37,38);2H2,1H3,(H,3,4,5). The van der Waals surface area contributed by atoms with Gasteiger partial charge in [0, 0.05) is 35.4 Å². The monoisotopic (exact) mass is 695 g/mol. The maximum atomic E-state index is 13.4. The van der Waals surface area contributed by atoms with Gasteiger partial charge in [0.1, 0.15) is 10.7 Å². The SMILES string of the molecule is CCS(=O)(=O)O.Cc1c(C(=O)NN2CCCCC2)nc(-c2ccc(Cl)cc2Cl)n1-c1ccnc(-c2ccccc2)c1S(=O)(=O)O. The van der Waals surface area contributed by atoms with Crippen LogP contribution in [-0.4, -0.2) is 70.2 Å². The average Bonchev–Trinajstić information content (AvgIpc) is 3.33. The highest BCUT2D eigenvalue weighted by atomic mass is 35.5. The molecule has 240 valence electrons. The molecule has 1 aliphatic heterocycles. The van der Waals surface area contributed by atoms with Crippen LogP contribution in [0.15, 0.2) is 65.7 Å². The summed E-state index contributed by atoms with van der Waals surface area (Å²) < 4.78 is 64.5. The second kappa shape index (κ2) is 14.4. The predicted octanol–water partition coefficient (Wildman–Crippen LogP) is 5.49. The van der Waals surface area contributed by atoms with E-state index in [1.165, 1.54) is 29.8 Å². The van der Waals surface area contributed by atoms with E-state index in [9.17, 15) is 26.2 Å². The summed E-state index contributed by atoms with van der Waals surface area (Å²) in [6.45, 7) is 4.47. The van der Waals surface area contributed by atoms with Gasteiger partial charge < -0.3 is 0 Å². The fraction of sp³-hybridized carbons (Fsp3) is 0.276. The number of nitrogens with zero attached hydrogens (tertiary/aromatic N) is 4. The molecule has 12 nitrogen and oxygen atoms in total. The third kappa shape index (κ3) is 8.47. The van der Waals surface area contributed by atoms with Crippen molar-refractivity contribution in [3.63, 3.8) is 0 Å². The van der Waals surface area contributed by atoms with Crippen LogP contribution in [0.1, 0.15) is 42.4 Å². The molecule has 2 aromatic heterocycles. The van der Waals surface area contributed by atoms with Crippen LogP contribution in [0.4, 0.5) is 0 Å². The second-order valence-electron chi connectivity index (χ2n) is 10.0. The Morgan fingerprint density at radius 3 is 2.20 bits per heavy atom. The lowest BCUT2D eigenvalue weighted by Crippen LogP contribution is -2.45. The number of hydrazine groups is 1. The molecule has 0 unspecified atom stereocenters. The molecule has 3 heterocycles. The van der Waals surface area contributed by atoms with Crippen LogP contribution in [-0.2, 0) is 20.2 Å². The van der Waals surface area contributed by atoms with Crippen molar-refractivity contribution in [1.29, 1.82) is 0 Å². The number of amides is 1. The van der Waals surface area contributed by atoms with Crippen molar-refractivity contribution in [3.05, 3.63) is 82.2 Å². The number of piperidine rings is 1. The first-order chi connectivity index (χ1) is 21.2. The highest BCUT2D eigenvalue weighted by Gasteiger charge is 2.30. The number of nitrogens with one attached hydrogen (secondary N) is 1. The van der Waals surface area contributed by atoms with Crippen molar-refractivity contribution >= 4 is 49.3 Å². The molecule has 45 heavy (non-hydrogen) atoms. The lowest BCUT2D eigenvalue weighted by atomic mass is 10.1. The summed E-state index contributed by atoms with van der Waals surface area (Å²) in [5.74, 6) is -0.439. The van der Waals surface area contributed by atoms with Gasteiger partial charge in [-0.2, -0.15) is 16.8 Å². The minimum absolute atomic E-state index is 0.0520. The number of hydrogen-bond acceptors (Lipinski definition) is 8. The van der Waals surface area contributed by atoms with Crippen molar-refractivity contribution in [2.24, 2.45) is 0 Å². The molecule has 0 radical (unpaired) electrons. The summed E-state index contributed by atoms with van der Waals surface area (Å²) in [5.41, 5.74) is 4.36. The van der Waals surface area contributed by atoms with Gasteiger partial charge in [-0.15, -0.1) is 0 Å². The molecule has 16 heteroatoms. The van der Waals surface area contributed by atoms with Gasteiger partial charge in [-0.3, -0.25) is 28.9 Å². The fourth-order valence-electron chi connectivity index (χ4n) is 4.74. The highest BCUT2D eigenvalue weighted by molar-refractivity contribution is 7.86. The van der Waals surface area contributed by atoms with Gasteiger partial charge in [0.15, 0.2) is 5.69 Å². The van der Waals surface area contributed by atoms with Gasteiger partial charge in [-0.1, -0.05) is 60.0 Å². The van der Waals surface area contributed by atoms with Crippen molar-refractivity contribution in [3.8, 4) is 28.3 Å². The van der Waals surface area contributed by atoms with Gasteiger partial charge in [0.25, 0.3) is 26.1 Å². The molecule has 5 rings (SSSR count). The van der Waals surface area contributed by atoms with Crippen molar-refractivity contribution in [2.45, 2.75) is 38.0 Å². The molecule has 2 aromatic carbocycles. The maximum absolute atomic E-state index is 13.4. The molecule has 1 aliphatic rings. The minimum Gasteiger partial charge on any atom is -0.295 e. The first kappa shape index (κ1) is 34.5. The summed E-state index contributed by atoms with van der Waals surface area (Å²) in [6, 6.07) is 14.9. The Morgan fingerprint density at radius 1 is 0.978 bits per heavy atom. The molecule has 0 bridgehead atoms. The Labute approximate surface area is 271 Å². The number of aromatic nitrogens is 3. The van der Waals surface area contributed by atoms with Gasteiger partial charge in [-0.25, -0.2) is 9.99 Å². The minimum atomic E-state index is -4.80. The summed E-state index contributed by atoms with van der Waals surface area (Å²) in [4.78, 5) is 21.9.